The van der Waals surface area contributed by atoms with E-state index in [0.29, 0.717) is 12.6 Å². The first-order chi connectivity index (χ1) is 8.81. The van der Waals surface area contributed by atoms with Crippen LogP contribution in [0.1, 0.15) is 45.4 Å². The highest BCUT2D eigenvalue weighted by molar-refractivity contribution is 4.85. The summed E-state index contributed by atoms with van der Waals surface area (Å²) in [6.07, 6.45) is 7.89. The predicted molar refractivity (Wildman–Crippen MR) is 75.7 cm³/mol. The van der Waals surface area contributed by atoms with Crippen LogP contribution in [-0.4, -0.2) is 48.8 Å². The highest BCUT2D eigenvalue weighted by Crippen LogP contribution is 2.34. The molecule has 1 aliphatic heterocycles. The molecule has 2 bridgehead atoms. The Kier molecular flexibility index (Phi) is 5.93. The van der Waals surface area contributed by atoms with Crippen LogP contribution in [0.25, 0.3) is 0 Å². The van der Waals surface area contributed by atoms with Crippen molar-refractivity contribution in [3.8, 4) is 0 Å². The van der Waals surface area contributed by atoms with Gasteiger partial charge in [-0.1, -0.05) is 13.3 Å². The molecule has 3 atom stereocenters. The second-order valence-corrected chi connectivity index (χ2v) is 6.28. The fourth-order valence-corrected chi connectivity index (χ4v) is 3.76. The minimum atomic E-state index is 0.308. The third-order valence-electron chi connectivity index (χ3n) is 4.56. The van der Waals surface area contributed by atoms with Gasteiger partial charge in [0.1, 0.15) is 0 Å². The topological polar surface area (TPSA) is 35.5 Å². The summed E-state index contributed by atoms with van der Waals surface area (Å²) in [6, 6.07) is 0.480. The Hall–Kier alpha value is -0.120. The molecule has 2 N–H and O–H groups in total. The number of fused-ring (bicyclic) bond motifs is 2. The van der Waals surface area contributed by atoms with Crippen molar-refractivity contribution in [1.82, 2.24) is 10.2 Å². The summed E-state index contributed by atoms with van der Waals surface area (Å²) in [7, 11) is 0. The average Bonchev–Trinajstić information content (AvgIpc) is 2.36. The highest BCUT2D eigenvalue weighted by atomic mass is 16.3. The van der Waals surface area contributed by atoms with Crippen LogP contribution < -0.4 is 5.32 Å². The number of aliphatic hydroxyl groups is 1. The van der Waals surface area contributed by atoms with Crippen LogP contribution in [0.4, 0.5) is 0 Å². The molecule has 1 saturated heterocycles. The highest BCUT2D eigenvalue weighted by Gasteiger charge is 2.31. The van der Waals surface area contributed by atoms with Gasteiger partial charge >= 0.3 is 0 Å². The molecule has 0 aromatic heterocycles. The predicted octanol–water partition coefficient (Wildman–Crippen LogP) is 1.86. The lowest BCUT2D eigenvalue weighted by molar-refractivity contribution is 0.0753. The number of rotatable bonds is 7. The lowest BCUT2D eigenvalue weighted by Gasteiger charge is -2.42. The summed E-state index contributed by atoms with van der Waals surface area (Å²) in [6.45, 7) is 7.31. The van der Waals surface area contributed by atoms with Gasteiger partial charge in [-0.2, -0.15) is 0 Å². The van der Waals surface area contributed by atoms with Gasteiger partial charge in [0, 0.05) is 32.3 Å². The van der Waals surface area contributed by atoms with Crippen molar-refractivity contribution < 1.29 is 5.11 Å². The van der Waals surface area contributed by atoms with Crippen LogP contribution >= 0.6 is 0 Å². The zero-order chi connectivity index (χ0) is 12.8. The maximum atomic E-state index is 9.17. The largest absolute Gasteiger partial charge is 0.396 e. The number of aliphatic hydroxyl groups excluding tert-OH is 1. The van der Waals surface area contributed by atoms with Gasteiger partial charge in [-0.25, -0.2) is 0 Å². The normalized spacial score (nSPS) is 30.3. The maximum absolute atomic E-state index is 9.17. The van der Waals surface area contributed by atoms with Gasteiger partial charge in [-0.15, -0.1) is 0 Å². The maximum Gasteiger partial charge on any atom is 0.0446 e. The van der Waals surface area contributed by atoms with Crippen molar-refractivity contribution in [1.29, 1.82) is 0 Å². The van der Waals surface area contributed by atoms with Crippen LogP contribution in [0.2, 0.25) is 0 Å². The Balaban J connectivity index is 1.78. The van der Waals surface area contributed by atoms with E-state index in [9.17, 15) is 0 Å². The van der Waals surface area contributed by atoms with Crippen molar-refractivity contribution in [3.63, 3.8) is 0 Å². The third-order valence-corrected chi connectivity index (χ3v) is 4.56. The second-order valence-electron chi connectivity index (χ2n) is 6.28. The van der Waals surface area contributed by atoms with Gasteiger partial charge in [-0.05, 0) is 50.5 Å². The van der Waals surface area contributed by atoms with Crippen LogP contribution in [0.15, 0.2) is 0 Å². The molecule has 3 heteroatoms. The van der Waals surface area contributed by atoms with Crippen molar-refractivity contribution in [2.75, 3.05) is 32.8 Å². The van der Waals surface area contributed by atoms with Gasteiger partial charge in [0.25, 0.3) is 0 Å². The van der Waals surface area contributed by atoms with Crippen molar-refractivity contribution >= 4 is 0 Å². The number of hydrogen-bond donors (Lipinski definition) is 2. The molecular weight excluding hydrogens is 224 g/mol. The van der Waals surface area contributed by atoms with Gasteiger partial charge in [0.15, 0.2) is 0 Å². The van der Waals surface area contributed by atoms with Crippen molar-refractivity contribution in [2.24, 2.45) is 11.8 Å². The monoisotopic (exact) mass is 254 g/mol. The van der Waals surface area contributed by atoms with Crippen molar-refractivity contribution in [3.05, 3.63) is 0 Å². The lowest BCUT2D eigenvalue weighted by Crippen LogP contribution is -2.49. The molecular formula is C15H30N2O. The van der Waals surface area contributed by atoms with E-state index in [-0.39, 0.29) is 0 Å². The molecule has 106 valence electrons. The minimum Gasteiger partial charge on any atom is -0.396 e. The minimum absolute atomic E-state index is 0.308. The second kappa shape index (κ2) is 7.46. The summed E-state index contributed by atoms with van der Waals surface area (Å²) in [5, 5.41) is 12.7. The number of nitrogens with zero attached hydrogens (tertiary/aromatic N) is 1. The van der Waals surface area contributed by atoms with Crippen LogP contribution in [0.5, 0.6) is 0 Å². The Morgan fingerprint density at radius 1 is 1.28 bits per heavy atom. The molecule has 0 amide bonds. The summed E-state index contributed by atoms with van der Waals surface area (Å²) < 4.78 is 0. The van der Waals surface area contributed by atoms with E-state index in [1.807, 2.05) is 0 Å². The zero-order valence-corrected chi connectivity index (χ0v) is 11.9. The third kappa shape index (κ3) is 4.22. The standard InChI is InChI=1S/C15H30N2O/c1-2-7-16-15(6-8-18)12-17-10-13-4-3-5-14(9-13)11-17/h13-16,18H,2-12H2,1H3. The molecule has 2 fully saturated rings. The smallest absolute Gasteiger partial charge is 0.0446 e. The Labute approximate surface area is 112 Å². The van der Waals surface area contributed by atoms with Gasteiger partial charge in [-0.3, -0.25) is 0 Å². The molecule has 0 aromatic carbocycles. The molecule has 3 nitrogen and oxygen atoms in total. The molecule has 1 heterocycles. The van der Waals surface area contributed by atoms with E-state index in [2.05, 4.69) is 17.1 Å². The van der Waals surface area contributed by atoms with Crippen LogP contribution in [-0.2, 0) is 0 Å². The first kappa shape index (κ1) is 14.3. The summed E-state index contributed by atoms with van der Waals surface area (Å²) >= 11 is 0. The molecule has 18 heavy (non-hydrogen) atoms. The lowest BCUT2D eigenvalue weighted by atomic mass is 9.78. The van der Waals surface area contributed by atoms with Crippen molar-refractivity contribution in [2.45, 2.75) is 51.5 Å². The van der Waals surface area contributed by atoms with Crippen LogP contribution in [0, 0.1) is 11.8 Å². The van der Waals surface area contributed by atoms with E-state index < -0.39 is 0 Å². The SMILES string of the molecule is CCCNC(CCO)CN1CC2CCCC(C2)C1. The van der Waals surface area contributed by atoms with E-state index in [0.717, 1.165) is 31.3 Å². The molecule has 2 aliphatic rings. The summed E-state index contributed by atoms with van der Waals surface area (Å²) in [4.78, 5) is 2.65. The molecule has 1 aliphatic carbocycles. The number of hydrogen-bond acceptors (Lipinski definition) is 3. The fraction of sp³-hybridized carbons (Fsp3) is 1.00. The Morgan fingerprint density at radius 3 is 2.61 bits per heavy atom. The summed E-state index contributed by atoms with van der Waals surface area (Å²) in [5.41, 5.74) is 0. The first-order valence-corrected chi connectivity index (χ1v) is 7.88. The summed E-state index contributed by atoms with van der Waals surface area (Å²) in [5.74, 6) is 1.91. The molecule has 0 spiro atoms. The number of nitrogens with one attached hydrogen (secondary N) is 1. The molecule has 0 radical (unpaired) electrons. The molecule has 3 unspecified atom stereocenters. The molecule has 0 aromatic rings. The molecule has 2 rings (SSSR count). The number of likely N-dealkylation sites (tertiary alicyclic amines) is 1. The van der Waals surface area contributed by atoms with E-state index in [1.54, 1.807) is 0 Å². The fourth-order valence-electron chi connectivity index (χ4n) is 3.76. The quantitative estimate of drug-likeness (QED) is 0.728. The van der Waals surface area contributed by atoms with Gasteiger partial charge in [0.05, 0.1) is 0 Å². The van der Waals surface area contributed by atoms with E-state index >= 15 is 0 Å². The first-order valence-electron chi connectivity index (χ1n) is 7.88. The van der Waals surface area contributed by atoms with Gasteiger partial charge in [0.2, 0.25) is 0 Å². The average molecular weight is 254 g/mol. The number of piperidine rings is 1. The molecule has 1 saturated carbocycles. The van der Waals surface area contributed by atoms with E-state index in [1.165, 1.54) is 45.2 Å². The zero-order valence-electron chi connectivity index (χ0n) is 11.9. The van der Waals surface area contributed by atoms with Crippen LogP contribution in [0.3, 0.4) is 0 Å². The van der Waals surface area contributed by atoms with E-state index in [4.69, 9.17) is 5.11 Å². The Bertz CT molecular complexity index is 223. The Morgan fingerprint density at radius 2 is 2.00 bits per heavy atom. The van der Waals surface area contributed by atoms with Gasteiger partial charge < -0.3 is 15.3 Å².